The molecule has 96 valence electrons. The minimum absolute atomic E-state index is 0.197. The Labute approximate surface area is 103 Å². The molecule has 0 amide bonds. The van der Waals surface area contributed by atoms with Crippen molar-refractivity contribution in [3.63, 3.8) is 0 Å². The summed E-state index contributed by atoms with van der Waals surface area (Å²) in [5, 5.41) is 7.32. The summed E-state index contributed by atoms with van der Waals surface area (Å²) >= 11 is 0. The van der Waals surface area contributed by atoms with Crippen molar-refractivity contribution in [1.82, 2.24) is 19.9 Å². The second kappa shape index (κ2) is 4.41. The van der Waals surface area contributed by atoms with E-state index in [1.54, 1.807) is 0 Å². The number of nitrogens with zero attached hydrogens (tertiary/aromatic N) is 4. The van der Waals surface area contributed by atoms with Gasteiger partial charge in [0, 0.05) is 38.7 Å². The summed E-state index contributed by atoms with van der Waals surface area (Å²) < 4.78 is 6.64. The van der Waals surface area contributed by atoms with Crippen LogP contribution in [-0.4, -0.2) is 40.8 Å². The summed E-state index contributed by atoms with van der Waals surface area (Å²) in [6.45, 7) is 5.41. The molecule has 0 aromatic carbocycles. The molecule has 0 bridgehead atoms. The lowest BCUT2D eigenvalue weighted by molar-refractivity contribution is 0.526. The van der Waals surface area contributed by atoms with Crippen LogP contribution in [0, 0.1) is 0 Å². The van der Waals surface area contributed by atoms with E-state index in [0.717, 1.165) is 26.2 Å². The SMILES string of the molecule is CCc1nn2c(=O)cc(N3CCNCC3)nc2o1. The minimum atomic E-state index is -0.197. The number of anilines is 1. The summed E-state index contributed by atoms with van der Waals surface area (Å²) in [7, 11) is 0. The van der Waals surface area contributed by atoms with E-state index in [9.17, 15) is 4.79 Å². The number of rotatable bonds is 2. The zero-order chi connectivity index (χ0) is 12.5. The van der Waals surface area contributed by atoms with Crippen LogP contribution < -0.4 is 15.8 Å². The quantitative estimate of drug-likeness (QED) is 0.784. The van der Waals surface area contributed by atoms with Crippen molar-refractivity contribution in [2.75, 3.05) is 31.1 Å². The van der Waals surface area contributed by atoms with Crippen LogP contribution in [0.5, 0.6) is 0 Å². The molecule has 7 heteroatoms. The maximum absolute atomic E-state index is 11.9. The van der Waals surface area contributed by atoms with Gasteiger partial charge in [0.05, 0.1) is 0 Å². The third-order valence-corrected chi connectivity index (χ3v) is 3.02. The number of fused-ring (bicyclic) bond motifs is 1. The van der Waals surface area contributed by atoms with Crippen LogP contribution in [-0.2, 0) is 6.42 Å². The first-order chi connectivity index (χ1) is 8.78. The van der Waals surface area contributed by atoms with E-state index < -0.39 is 0 Å². The Morgan fingerprint density at radius 3 is 2.94 bits per heavy atom. The topological polar surface area (TPSA) is 75.7 Å². The summed E-state index contributed by atoms with van der Waals surface area (Å²) in [4.78, 5) is 18.4. The Morgan fingerprint density at radius 2 is 2.22 bits per heavy atom. The first-order valence-electron chi connectivity index (χ1n) is 6.13. The molecular weight excluding hydrogens is 234 g/mol. The number of aromatic nitrogens is 3. The van der Waals surface area contributed by atoms with Crippen LogP contribution in [0.2, 0.25) is 0 Å². The number of aryl methyl sites for hydroxylation is 1. The highest BCUT2D eigenvalue weighted by molar-refractivity contribution is 5.43. The molecule has 0 spiro atoms. The van der Waals surface area contributed by atoms with Crippen molar-refractivity contribution in [3.05, 3.63) is 22.3 Å². The molecule has 3 rings (SSSR count). The van der Waals surface area contributed by atoms with Gasteiger partial charge in [-0.3, -0.25) is 4.79 Å². The van der Waals surface area contributed by atoms with E-state index in [1.807, 2.05) is 6.92 Å². The van der Waals surface area contributed by atoms with Gasteiger partial charge < -0.3 is 14.6 Å². The van der Waals surface area contributed by atoms with Crippen molar-refractivity contribution >= 4 is 11.7 Å². The van der Waals surface area contributed by atoms with Gasteiger partial charge in [-0.1, -0.05) is 6.92 Å². The van der Waals surface area contributed by atoms with E-state index in [4.69, 9.17) is 4.42 Å². The van der Waals surface area contributed by atoms with Gasteiger partial charge in [-0.25, -0.2) is 0 Å². The van der Waals surface area contributed by atoms with Crippen molar-refractivity contribution in [3.8, 4) is 0 Å². The molecule has 1 N–H and O–H groups in total. The average Bonchev–Trinajstić information content (AvgIpc) is 2.83. The lowest BCUT2D eigenvalue weighted by Gasteiger charge is -2.27. The van der Waals surface area contributed by atoms with Gasteiger partial charge in [0.1, 0.15) is 5.82 Å². The lowest BCUT2D eigenvalue weighted by atomic mass is 10.3. The molecule has 1 saturated heterocycles. The molecule has 1 fully saturated rings. The Bertz CT molecular complexity index is 611. The van der Waals surface area contributed by atoms with E-state index >= 15 is 0 Å². The fraction of sp³-hybridized carbons (Fsp3) is 0.545. The molecule has 0 radical (unpaired) electrons. The van der Waals surface area contributed by atoms with Crippen molar-refractivity contribution in [2.45, 2.75) is 13.3 Å². The predicted octanol–water partition coefficient (Wildman–Crippen LogP) is -0.345. The van der Waals surface area contributed by atoms with Gasteiger partial charge in [-0.15, -0.1) is 9.61 Å². The van der Waals surface area contributed by atoms with Gasteiger partial charge in [0.15, 0.2) is 0 Å². The third kappa shape index (κ3) is 1.86. The molecule has 1 aliphatic rings. The van der Waals surface area contributed by atoms with Crippen molar-refractivity contribution in [2.24, 2.45) is 0 Å². The summed E-state index contributed by atoms with van der Waals surface area (Å²) in [6.07, 6.45) is 0.645. The smallest absolute Gasteiger partial charge is 0.329 e. The molecule has 0 saturated carbocycles. The van der Waals surface area contributed by atoms with Crippen LogP contribution in [0.4, 0.5) is 5.82 Å². The van der Waals surface area contributed by atoms with Gasteiger partial charge in [0.25, 0.3) is 5.56 Å². The summed E-state index contributed by atoms with van der Waals surface area (Å²) in [5.74, 6) is 1.46. The molecule has 7 nitrogen and oxygen atoms in total. The number of nitrogens with one attached hydrogen (secondary N) is 1. The highest BCUT2D eigenvalue weighted by atomic mass is 16.4. The molecule has 2 aromatic rings. The van der Waals surface area contributed by atoms with Gasteiger partial charge in [-0.05, 0) is 0 Å². The van der Waals surface area contributed by atoms with Gasteiger partial charge >= 0.3 is 5.84 Å². The van der Waals surface area contributed by atoms with E-state index in [2.05, 4.69) is 20.3 Å². The van der Waals surface area contributed by atoms with Crippen LogP contribution in [0.25, 0.3) is 5.84 Å². The average molecular weight is 249 g/mol. The summed E-state index contributed by atoms with van der Waals surface area (Å²) in [6, 6.07) is 1.51. The van der Waals surface area contributed by atoms with E-state index in [1.165, 1.54) is 10.6 Å². The zero-order valence-corrected chi connectivity index (χ0v) is 10.2. The molecule has 18 heavy (non-hydrogen) atoms. The highest BCUT2D eigenvalue weighted by Crippen LogP contribution is 2.11. The Morgan fingerprint density at radius 1 is 1.44 bits per heavy atom. The van der Waals surface area contributed by atoms with Gasteiger partial charge in [0.2, 0.25) is 5.89 Å². The van der Waals surface area contributed by atoms with Crippen molar-refractivity contribution < 1.29 is 4.42 Å². The van der Waals surface area contributed by atoms with Crippen LogP contribution in [0.15, 0.2) is 15.3 Å². The van der Waals surface area contributed by atoms with E-state index in [-0.39, 0.29) is 11.4 Å². The number of hydrogen-bond donors (Lipinski definition) is 1. The highest BCUT2D eigenvalue weighted by Gasteiger charge is 2.15. The monoisotopic (exact) mass is 249 g/mol. The Hall–Kier alpha value is -1.89. The van der Waals surface area contributed by atoms with Crippen LogP contribution in [0.3, 0.4) is 0 Å². The molecular formula is C11H15N5O2. The van der Waals surface area contributed by atoms with Gasteiger partial charge in [-0.2, -0.15) is 4.98 Å². The second-order valence-corrected chi connectivity index (χ2v) is 4.23. The molecule has 0 aliphatic carbocycles. The maximum atomic E-state index is 11.9. The Balaban J connectivity index is 2.05. The van der Waals surface area contributed by atoms with Crippen molar-refractivity contribution in [1.29, 1.82) is 0 Å². The van der Waals surface area contributed by atoms with Crippen LogP contribution >= 0.6 is 0 Å². The lowest BCUT2D eigenvalue weighted by Crippen LogP contribution is -2.44. The first kappa shape index (κ1) is 11.2. The van der Waals surface area contributed by atoms with Crippen LogP contribution in [0.1, 0.15) is 12.8 Å². The molecule has 1 aliphatic heterocycles. The third-order valence-electron chi connectivity index (χ3n) is 3.02. The molecule has 2 aromatic heterocycles. The molecule has 3 heterocycles. The zero-order valence-electron chi connectivity index (χ0n) is 10.2. The predicted molar refractivity (Wildman–Crippen MR) is 66.0 cm³/mol. The normalized spacial score (nSPS) is 16.4. The molecule has 0 atom stereocenters. The van der Waals surface area contributed by atoms with E-state index in [0.29, 0.717) is 18.1 Å². The Kier molecular flexibility index (Phi) is 2.75. The number of hydrogen-bond acceptors (Lipinski definition) is 6. The fourth-order valence-corrected chi connectivity index (χ4v) is 2.04. The number of piperazine rings is 1. The molecule has 0 unspecified atom stereocenters. The standard InChI is InChI=1S/C11H15N5O2/c1-2-9-14-16-10(17)7-8(13-11(16)18-9)15-5-3-12-4-6-15/h7,12H,2-6H2,1H3. The minimum Gasteiger partial charge on any atom is -0.408 e. The fourth-order valence-electron chi connectivity index (χ4n) is 2.04. The summed E-state index contributed by atoms with van der Waals surface area (Å²) in [5.41, 5.74) is -0.197. The largest absolute Gasteiger partial charge is 0.408 e. The maximum Gasteiger partial charge on any atom is 0.329 e. The second-order valence-electron chi connectivity index (χ2n) is 4.23. The first-order valence-corrected chi connectivity index (χ1v) is 6.13.